The molecule has 0 saturated carbocycles. The third-order valence-corrected chi connectivity index (χ3v) is 5.38. The topological polar surface area (TPSA) is 95.0 Å². The minimum Gasteiger partial charge on any atom is -0.480 e. The highest BCUT2D eigenvalue weighted by Crippen LogP contribution is 2.14. The lowest BCUT2D eigenvalue weighted by Crippen LogP contribution is -2.36. The first-order valence-corrected chi connectivity index (χ1v) is 8.95. The summed E-state index contributed by atoms with van der Waals surface area (Å²) in [6.45, 7) is 3.05. The number of hydrogen-bond acceptors (Lipinski definition) is 4. The molecule has 1 heterocycles. The van der Waals surface area contributed by atoms with Crippen LogP contribution in [0.2, 0.25) is 0 Å². The van der Waals surface area contributed by atoms with E-state index in [4.69, 9.17) is 5.11 Å². The minimum atomic E-state index is -3.27. The van der Waals surface area contributed by atoms with Gasteiger partial charge in [0.05, 0.1) is 5.75 Å². The van der Waals surface area contributed by atoms with Gasteiger partial charge in [-0.2, -0.15) is 0 Å². The Morgan fingerprint density at radius 1 is 1.24 bits per heavy atom. The first kappa shape index (κ1) is 17.9. The van der Waals surface area contributed by atoms with Crippen LogP contribution < -0.4 is 0 Å². The second-order valence-corrected chi connectivity index (χ2v) is 7.32. The van der Waals surface area contributed by atoms with Gasteiger partial charge in [0.25, 0.3) is 0 Å². The summed E-state index contributed by atoms with van der Waals surface area (Å²) in [4.78, 5) is 23.9. The molecule has 0 aromatic carbocycles. The Morgan fingerprint density at radius 2 is 1.86 bits per heavy atom. The van der Waals surface area contributed by atoms with E-state index in [1.165, 1.54) is 9.21 Å². The molecule has 1 fully saturated rings. The molecule has 1 rings (SSSR count). The third kappa shape index (κ3) is 6.01. The first-order valence-electron chi connectivity index (χ1n) is 7.34. The van der Waals surface area contributed by atoms with Crippen LogP contribution in [0.15, 0.2) is 0 Å². The summed E-state index contributed by atoms with van der Waals surface area (Å²) in [7, 11) is -3.27. The van der Waals surface area contributed by atoms with Crippen molar-refractivity contribution in [1.29, 1.82) is 0 Å². The maximum atomic E-state index is 12.0. The number of sulfonamides is 1. The fourth-order valence-corrected chi connectivity index (χ4v) is 3.97. The molecule has 0 bridgehead atoms. The Kier molecular flexibility index (Phi) is 7.10. The number of carbonyl (C=O) groups excluding carboxylic acids is 1. The van der Waals surface area contributed by atoms with E-state index in [1.54, 1.807) is 0 Å². The van der Waals surface area contributed by atoms with Crippen LogP contribution in [0.5, 0.6) is 0 Å². The van der Waals surface area contributed by atoms with Crippen LogP contribution in [-0.2, 0) is 19.6 Å². The van der Waals surface area contributed by atoms with Crippen LogP contribution >= 0.6 is 0 Å². The van der Waals surface area contributed by atoms with Crippen LogP contribution in [0.4, 0.5) is 0 Å². The number of nitrogens with zero attached hydrogens (tertiary/aromatic N) is 2. The SMILES string of the molecule is CCCN(CC(=O)O)C(=O)CCCS(=O)(=O)N1CCCC1. The molecule has 0 aliphatic carbocycles. The van der Waals surface area contributed by atoms with Crippen LogP contribution in [0, 0.1) is 0 Å². The second kappa shape index (κ2) is 8.33. The Hall–Kier alpha value is -1.15. The molecule has 122 valence electrons. The number of aliphatic carboxylic acids is 1. The van der Waals surface area contributed by atoms with E-state index in [1.807, 2.05) is 6.92 Å². The summed E-state index contributed by atoms with van der Waals surface area (Å²) < 4.78 is 25.5. The Labute approximate surface area is 126 Å². The number of carboxylic acids is 1. The number of carbonyl (C=O) groups is 2. The van der Waals surface area contributed by atoms with Gasteiger partial charge < -0.3 is 10.0 Å². The molecule has 7 nitrogen and oxygen atoms in total. The maximum Gasteiger partial charge on any atom is 0.323 e. The fourth-order valence-electron chi connectivity index (χ4n) is 2.38. The normalized spacial score (nSPS) is 16.0. The standard InChI is InChI=1S/C13H24N2O5S/c1-2-7-14(11-13(17)18)12(16)6-5-10-21(19,20)15-8-3-4-9-15/h2-11H2,1H3,(H,17,18). The van der Waals surface area contributed by atoms with Crippen molar-refractivity contribution in [3.05, 3.63) is 0 Å². The van der Waals surface area contributed by atoms with E-state index in [9.17, 15) is 18.0 Å². The number of hydrogen-bond donors (Lipinski definition) is 1. The van der Waals surface area contributed by atoms with Gasteiger partial charge in [0.2, 0.25) is 15.9 Å². The van der Waals surface area contributed by atoms with Gasteiger partial charge in [-0.25, -0.2) is 12.7 Å². The average Bonchev–Trinajstić information content (AvgIpc) is 2.92. The van der Waals surface area contributed by atoms with E-state index in [0.717, 1.165) is 12.8 Å². The number of amides is 1. The molecule has 8 heteroatoms. The van der Waals surface area contributed by atoms with Crippen LogP contribution in [0.25, 0.3) is 0 Å². The summed E-state index contributed by atoms with van der Waals surface area (Å²) in [6, 6.07) is 0. The van der Waals surface area contributed by atoms with Crippen molar-refractivity contribution in [3.8, 4) is 0 Å². The van der Waals surface area contributed by atoms with E-state index in [-0.39, 0.29) is 31.0 Å². The molecule has 1 saturated heterocycles. The molecule has 0 radical (unpaired) electrons. The second-order valence-electron chi connectivity index (χ2n) is 5.23. The molecular weight excluding hydrogens is 296 g/mol. The predicted octanol–water partition coefficient (Wildman–Crippen LogP) is 0.515. The van der Waals surface area contributed by atoms with Crippen molar-refractivity contribution in [2.45, 2.75) is 39.0 Å². The van der Waals surface area contributed by atoms with Crippen molar-refractivity contribution in [3.63, 3.8) is 0 Å². The molecular formula is C13H24N2O5S. The minimum absolute atomic E-state index is 0.0498. The summed E-state index contributed by atoms with van der Waals surface area (Å²) in [5.41, 5.74) is 0. The molecule has 0 aromatic heterocycles. The summed E-state index contributed by atoms with van der Waals surface area (Å²) in [5.74, 6) is -1.40. The monoisotopic (exact) mass is 320 g/mol. The predicted molar refractivity (Wildman–Crippen MR) is 78.3 cm³/mol. The van der Waals surface area contributed by atoms with E-state index in [0.29, 0.717) is 26.1 Å². The van der Waals surface area contributed by atoms with Crippen LogP contribution in [0.1, 0.15) is 39.0 Å². The number of rotatable bonds is 9. The van der Waals surface area contributed by atoms with E-state index >= 15 is 0 Å². The van der Waals surface area contributed by atoms with Gasteiger partial charge in [-0.1, -0.05) is 6.92 Å². The van der Waals surface area contributed by atoms with Crippen molar-refractivity contribution < 1.29 is 23.1 Å². The van der Waals surface area contributed by atoms with Gasteiger partial charge in [-0.3, -0.25) is 9.59 Å². The smallest absolute Gasteiger partial charge is 0.323 e. The van der Waals surface area contributed by atoms with Crippen molar-refractivity contribution in [1.82, 2.24) is 9.21 Å². The van der Waals surface area contributed by atoms with E-state index < -0.39 is 16.0 Å². The quantitative estimate of drug-likeness (QED) is 0.668. The molecule has 1 N–H and O–H groups in total. The maximum absolute atomic E-state index is 12.0. The van der Waals surface area contributed by atoms with Gasteiger partial charge in [0.1, 0.15) is 6.54 Å². The summed E-state index contributed by atoms with van der Waals surface area (Å²) >= 11 is 0. The molecule has 21 heavy (non-hydrogen) atoms. The van der Waals surface area contributed by atoms with Crippen molar-refractivity contribution in [2.75, 3.05) is 31.9 Å². The molecule has 1 aliphatic rings. The first-order chi connectivity index (χ1) is 9.86. The van der Waals surface area contributed by atoms with Crippen LogP contribution in [-0.4, -0.2) is 66.5 Å². The molecule has 1 amide bonds. The van der Waals surface area contributed by atoms with Gasteiger partial charge in [-0.05, 0) is 25.7 Å². The summed E-state index contributed by atoms with van der Waals surface area (Å²) in [5, 5.41) is 8.76. The zero-order valence-electron chi connectivity index (χ0n) is 12.5. The lowest BCUT2D eigenvalue weighted by Gasteiger charge is -2.20. The molecule has 0 spiro atoms. The third-order valence-electron chi connectivity index (χ3n) is 3.42. The number of carboxylic acid groups (broad SMARTS) is 1. The van der Waals surface area contributed by atoms with Gasteiger partial charge in [0, 0.05) is 26.1 Å². The molecule has 0 atom stereocenters. The Balaban J connectivity index is 2.42. The molecule has 1 aliphatic heterocycles. The highest BCUT2D eigenvalue weighted by molar-refractivity contribution is 7.89. The average molecular weight is 320 g/mol. The van der Waals surface area contributed by atoms with Crippen molar-refractivity contribution in [2.24, 2.45) is 0 Å². The lowest BCUT2D eigenvalue weighted by atomic mass is 10.3. The highest BCUT2D eigenvalue weighted by Gasteiger charge is 2.25. The van der Waals surface area contributed by atoms with E-state index in [2.05, 4.69) is 0 Å². The van der Waals surface area contributed by atoms with Gasteiger partial charge in [-0.15, -0.1) is 0 Å². The fraction of sp³-hybridized carbons (Fsp3) is 0.846. The zero-order chi connectivity index (χ0) is 15.9. The Morgan fingerprint density at radius 3 is 2.38 bits per heavy atom. The lowest BCUT2D eigenvalue weighted by molar-refractivity contribution is -0.144. The van der Waals surface area contributed by atoms with Gasteiger partial charge >= 0.3 is 5.97 Å². The largest absolute Gasteiger partial charge is 0.480 e. The molecule has 0 aromatic rings. The van der Waals surface area contributed by atoms with Crippen LogP contribution in [0.3, 0.4) is 0 Å². The zero-order valence-corrected chi connectivity index (χ0v) is 13.3. The Bertz CT molecular complexity index is 457. The van der Waals surface area contributed by atoms with Gasteiger partial charge in [0.15, 0.2) is 0 Å². The van der Waals surface area contributed by atoms with Crippen molar-refractivity contribution >= 4 is 21.9 Å². The molecule has 0 unspecified atom stereocenters. The summed E-state index contributed by atoms with van der Waals surface area (Å²) in [6.07, 6.45) is 2.76. The highest BCUT2D eigenvalue weighted by atomic mass is 32.2.